The Balaban J connectivity index is 0.000000710. The normalized spacial score (nSPS) is 11.4. The van der Waals surface area contributed by atoms with Gasteiger partial charge in [0.2, 0.25) is 0 Å². The summed E-state index contributed by atoms with van der Waals surface area (Å²) in [5.41, 5.74) is 0.928. The summed E-state index contributed by atoms with van der Waals surface area (Å²) in [5.74, 6) is -0.0245. The highest BCUT2D eigenvalue weighted by atomic mass is 16.7. The SMILES string of the molecule is C=C(C)C(=O)OC(C)(C)C.C=CC(=O)OCc1ccc(OC(C)OCCCC)cc1. The molecule has 6 nitrogen and oxygen atoms in total. The molecule has 1 aromatic carbocycles. The Morgan fingerprint density at radius 2 is 1.77 bits per heavy atom. The van der Waals surface area contributed by atoms with E-state index in [0.29, 0.717) is 12.2 Å². The lowest BCUT2D eigenvalue weighted by Gasteiger charge is -2.19. The zero-order valence-corrected chi connectivity index (χ0v) is 19.2. The Labute approximate surface area is 180 Å². The Kier molecular flexibility index (Phi) is 13.1. The van der Waals surface area contributed by atoms with Gasteiger partial charge in [-0.15, -0.1) is 0 Å². The molecule has 0 N–H and O–H groups in total. The standard InChI is InChI=1S/C16H22O4.C8H14O2/c1-4-6-11-18-13(3)20-15-9-7-14(8-10-15)12-19-16(17)5-2;1-6(2)7(9)10-8(3,4)5/h5,7-10,13H,2,4,6,11-12H2,1,3H3;1H2,2-5H3. The number of benzene rings is 1. The number of hydrogen-bond donors (Lipinski definition) is 0. The van der Waals surface area contributed by atoms with Crippen LogP contribution in [0.3, 0.4) is 0 Å². The molecule has 1 unspecified atom stereocenters. The van der Waals surface area contributed by atoms with Gasteiger partial charge in [-0.3, -0.25) is 0 Å². The maximum Gasteiger partial charge on any atom is 0.333 e. The number of esters is 2. The van der Waals surface area contributed by atoms with Crippen LogP contribution >= 0.6 is 0 Å². The van der Waals surface area contributed by atoms with Crippen molar-refractivity contribution in [3.63, 3.8) is 0 Å². The second-order valence-corrected chi connectivity index (χ2v) is 7.65. The fourth-order valence-electron chi connectivity index (χ4n) is 1.86. The molecule has 0 fully saturated rings. The van der Waals surface area contributed by atoms with Crippen molar-refractivity contribution in [1.29, 1.82) is 0 Å². The topological polar surface area (TPSA) is 71.1 Å². The summed E-state index contributed by atoms with van der Waals surface area (Å²) in [6.07, 6.45) is 3.00. The average Bonchev–Trinajstić information content (AvgIpc) is 2.66. The minimum absolute atomic E-state index is 0.230. The first-order valence-electron chi connectivity index (χ1n) is 10.0. The highest BCUT2D eigenvalue weighted by Crippen LogP contribution is 2.15. The fraction of sp³-hybridized carbons (Fsp3) is 0.500. The molecule has 0 aromatic heterocycles. The van der Waals surface area contributed by atoms with Gasteiger partial charge in [0.15, 0.2) is 6.29 Å². The summed E-state index contributed by atoms with van der Waals surface area (Å²) in [6.45, 7) is 18.8. The van der Waals surface area contributed by atoms with E-state index in [1.54, 1.807) is 6.92 Å². The van der Waals surface area contributed by atoms with Crippen LogP contribution in [0.1, 0.15) is 59.9 Å². The minimum Gasteiger partial charge on any atom is -0.465 e. The van der Waals surface area contributed by atoms with E-state index < -0.39 is 11.6 Å². The molecule has 0 aliphatic carbocycles. The Hall–Kier alpha value is -2.60. The number of rotatable bonds is 10. The zero-order valence-electron chi connectivity index (χ0n) is 19.2. The molecule has 6 heteroatoms. The minimum atomic E-state index is -0.428. The van der Waals surface area contributed by atoms with Crippen LogP contribution in [0.15, 0.2) is 49.1 Å². The number of carbonyl (C=O) groups excluding carboxylic acids is 2. The van der Waals surface area contributed by atoms with Gasteiger partial charge in [-0.2, -0.15) is 0 Å². The van der Waals surface area contributed by atoms with E-state index in [1.807, 2.05) is 52.0 Å². The summed E-state index contributed by atoms with van der Waals surface area (Å²) in [4.78, 5) is 21.8. The summed E-state index contributed by atoms with van der Waals surface area (Å²) in [6, 6.07) is 7.36. The van der Waals surface area contributed by atoms with Gasteiger partial charge in [0, 0.05) is 11.6 Å². The van der Waals surface area contributed by atoms with Crippen molar-refractivity contribution in [3.05, 3.63) is 54.6 Å². The van der Waals surface area contributed by atoms with Crippen molar-refractivity contribution in [2.24, 2.45) is 0 Å². The molecule has 0 saturated heterocycles. The molecular formula is C24H36O6. The third kappa shape index (κ3) is 14.4. The molecule has 30 heavy (non-hydrogen) atoms. The van der Waals surface area contributed by atoms with Crippen molar-refractivity contribution in [2.45, 2.75) is 72.9 Å². The molecule has 1 atom stereocenters. The van der Waals surface area contributed by atoms with Gasteiger partial charge in [0.05, 0.1) is 6.61 Å². The fourth-order valence-corrected chi connectivity index (χ4v) is 1.86. The predicted molar refractivity (Wildman–Crippen MR) is 118 cm³/mol. The quantitative estimate of drug-likeness (QED) is 0.220. The third-order valence-corrected chi connectivity index (χ3v) is 3.37. The molecule has 0 heterocycles. The van der Waals surface area contributed by atoms with Crippen molar-refractivity contribution in [1.82, 2.24) is 0 Å². The first kappa shape index (κ1) is 27.4. The van der Waals surface area contributed by atoms with Crippen molar-refractivity contribution in [2.75, 3.05) is 6.61 Å². The second kappa shape index (κ2) is 14.4. The molecule has 1 rings (SSSR count). The van der Waals surface area contributed by atoms with Crippen LogP contribution in [0.5, 0.6) is 5.75 Å². The van der Waals surface area contributed by atoms with Gasteiger partial charge >= 0.3 is 11.9 Å². The van der Waals surface area contributed by atoms with Crippen LogP contribution in [-0.2, 0) is 30.4 Å². The molecule has 0 radical (unpaired) electrons. The van der Waals surface area contributed by atoms with Gasteiger partial charge in [-0.05, 0) is 58.7 Å². The van der Waals surface area contributed by atoms with Gasteiger partial charge < -0.3 is 18.9 Å². The van der Waals surface area contributed by atoms with E-state index in [4.69, 9.17) is 18.9 Å². The van der Waals surface area contributed by atoms with E-state index >= 15 is 0 Å². The number of hydrogen-bond acceptors (Lipinski definition) is 6. The molecule has 0 saturated carbocycles. The summed E-state index contributed by atoms with van der Waals surface area (Å²) in [7, 11) is 0. The van der Waals surface area contributed by atoms with Crippen LogP contribution in [-0.4, -0.2) is 30.4 Å². The van der Waals surface area contributed by atoms with Gasteiger partial charge in [-0.25, -0.2) is 9.59 Å². The second-order valence-electron chi connectivity index (χ2n) is 7.65. The predicted octanol–water partition coefficient (Wildman–Crippen LogP) is 5.36. The van der Waals surface area contributed by atoms with Crippen LogP contribution in [0.2, 0.25) is 0 Å². The number of unbranched alkanes of at least 4 members (excludes halogenated alkanes) is 1. The largest absolute Gasteiger partial charge is 0.465 e. The van der Waals surface area contributed by atoms with E-state index in [0.717, 1.165) is 30.2 Å². The first-order chi connectivity index (χ1) is 14.0. The van der Waals surface area contributed by atoms with Crippen molar-refractivity contribution >= 4 is 11.9 Å². The highest BCUT2D eigenvalue weighted by molar-refractivity contribution is 5.87. The summed E-state index contributed by atoms with van der Waals surface area (Å²) in [5, 5.41) is 0. The highest BCUT2D eigenvalue weighted by Gasteiger charge is 2.15. The molecule has 0 aliphatic rings. The van der Waals surface area contributed by atoms with Crippen LogP contribution < -0.4 is 4.74 Å². The Morgan fingerprint density at radius 1 is 1.17 bits per heavy atom. The molecule has 1 aromatic rings. The number of carbonyl (C=O) groups is 2. The number of ether oxygens (including phenoxy) is 4. The third-order valence-electron chi connectivity index (χ3n) is 3.37. The van der Waals surface area contributed by atoms with Crippen molar-refractivity contribution in [3.8, 4) is 5.75 Å². The monoisotopic (exact) mass is 420 g/mol. The summed E-state index contributed by atoms with van der Waals surface area (Å²) >= 11 is 0. The van der Waals surface area contributed by atoms with Gasteiger partial charge in [-0.1, -0.05) is 38.6 Å². The van der Waals surface area contributed by atoms with Gasteiger partial charge in [0.1, 0.15) is 18.0 Å². The summed E-state index contributed by atoms with van der Waals surface area (Å²) < 4.78 is 21.0. The smallest absolute Gasteiger partial charge is 0.333 e. The lowest BCUT2D eigenvalue weighted by Crippen LogP contribution is -2.23. The lowest BCUT2D eigenvalue weighted by molar-refractivity contribution is -0.149. The molecule has 0 amide bonds. The molecule has 0 bridgehead atoms. The first-order valence-corrected chi connectivity index (χ1v) is 10.0. The Morgan fingerprint density at radius 3 is 2.20 bits per heavy atom. The Bertz CT molecular complexity index is 670. The van der Waals surface area contributed by atoms with Crippen LogP contribution in [0, 0.1) is 0 Å². The van der Waals surface area contributed by atoms with E-state index in [2.05, 4.69) is 20.1 Å². The van der Waals surface area contributed by atoms with Gasteiger partial charge in [0.25, 0.3) is 0 Å². The molecule has 168 valence electrons. The maximum atomic E-state index is 10.9. The van der Waals surface area contributed by atoms with E-state index in [-0.39, 0.29) is 18.9 Å². The molecule has 0 spiro atoms. The zero-order chi connectivity index (χ0) is 23.2. The van der Waals surface area contributed by atoms with Crippen LogP contribution in [0.25, 0.3) is 0 Å². The average molecular weight is 421 g/mol. The maximum absolute atomic E-state index is 10.9. The van der Waals surface area contributed by atoms with E-state index in [9.17, 15) is 9.59 Å². The van der Waals surface area contributed by atoms with E-state index in [1.165, 1.54) is 0 Å². The lowest BCUT2D eigenvalue weighted by atomic mass is 10.2. The van der Waals surface area contributed by atoms with Crippen molar-refractivity contribution < 1.29 is 28.5 Å². The molecular weight excluding hydrogens is 384 g/mol. The van der Waals surface area contributed by atoms with Crippen LogP contribution in [0.4, 0.5) is 0 Å². The molecule has 0 aliphatic heterocycles.